The van der Waals surface area contributed by atoms with E-state index in [2.05, 4.69) is 10.4 Å². The van der Waals surface area contributed by atoms with Crippen LogP contribution in [0.3, 0.4) is 0 Å². The van der Waals surface area contributed by atoms with Crippen molar-refractivity contribution in [2.45, 2.75) is 37.6 Å². The number of benzene rings is 1. The van der Waals surface area contributed by atoms with Crippen LogP contribution in [0, 0.1) is 0 Å². The lowest BCUT2D eigenvalue weighted by Crippen LogP contribution is -2.28. The summed E-state index contributed by atoms with van der Waals surface area (Å²) in [6, 6.07) is 8.81. The van der Waals surface area contributed by atoms with Crippen LogP contribution >= 0.6 is 0 Å². The first-order valence-corrected chi connectivity index (χ1v) is 10.4. The van der Waals surface area contributed by atoms with Gasteiger partial charge < -0.3 is 5.32 Å². The molecule has 0 spiro atoms. The number of hydrogen-bond acceptors (Lipinski definition) is 5. The lowest BCUT2D eigenvalue weighted by atomic mass is 10.3. The summed E-state index contributed by atoms with van der Waals surface area (Å²) in [5.74, 6) is -0.504. The van der Waals surface area contributed by atoms with Crippen molar-refractivity contribution in [2.75, 3.05) is 18.4 Å². The predicted molar refractivity (Wildman–Crippen MR) is 101 cm³/mol. The van der Waals surface area contributed by atoms with Gasteiger partial charge in [-0.15, -0.1) is 0 Å². The number of amides is 1. The van der Waals surface area contributed by atoms with Crippen LogP contribution in [0.2, 0.25) is 0 Å². The zero-order valence-corrected chi connectivity index (χ0v) is 15.9. The van der Waals surface area contributed by atoms with Gasteiger partial charge in [-0.1, -0.05) is 13.0 Å². The number of nitrogens with zero attached hydrogens (tertiary/aromatic N) is 3. The van der Waals surface area contributed by atoms with Crippen molar-refractivity contribution >= 4 is 21.6 Å². The molecule has 1 amide bonds. The fourth-order valence-electron chi connectivity index (χ4n) is 2.95. The highest BCUT2D eigenvalue weighted by Gasteiger charge is 2.27. The Morgan fingerprint density at radius 1 is 1.19 bits per heavy atom. The first-order chi connectivity index (χ1) is 12.9. The van der Waals surface area contributed by atoms with Crippen molar-refractivity contribution in [2.24, 2.45) is 0 Å². The van der Waals surface area contributed by atoms with Crippen molar-refractivity contribution in [3.8, 4) is 0 Å². The van der Waals surface area contributed by atoms with E-state index >= 15 is 0 Å². The summed E-state index contributed by atoms with van der Waals surface area (Å²) in [5.41, 5.74) is 0.179. The molecule has 1 aliphatic heterocycles. The monoisotopic (exact) mass is 390 g/mol. The molecule has 9 heteroatoms. The van der Waals surface area contributed by atoms with E-state index < -0.39 is 15.9 Å². The average molecular weight is 390 g/mol. The van der Waals surface area contributed by atoms with Gasteiger partial charge in [0.25, 0.3) is 11.5 Å². The molecule has 27 heavy (non-hydrogen) atoms. The molecule has 2 aromatic rings. The molecular weight excluding hydrogens is 368 g/mol. The van der Waals surface area contributed by atoms with Crippen molar-refractivity contribution in [3.05, 3.63) is 52.4 Å². The number of anilines is 1. The van der Waals surface area contributed by atoms with Crippen LogP contribution in [-0.4, -0.2) is 41.5 Å². The number of nitrogens with one attached hydrogen (secondary N) is 1. The molecule has 1 fully saturated rings. The van der Waals surface area contributed by atoms with Gasteiger partial charge in [0, 0.05) is 31.4 Å². The summed E-state index contributed by atoms with van der Waals surface area (Å²) < 4.78 is 28.0. The van der Waals surface area contributed by atoms with E-state index in [1.165, 1.54) is 33.3 Å². The standard InChI is InChI=1S/C18H22N4O4S/c1-2-10-22-17(23)9-8-16(20-22)18(24)19-14-6-5-7-15(13-14)27(25,26)21-11-3-4-12-21/h5-9,13H,2-4,10-12H2,1H3,(H,19,24). The van der Waals surface area contributed by atoms with Crippen LogP contribution in [0.25, 0.3) is 0 Å². The third-order valence-corrected chi connectivity index (χ3v) is 6.22. The lowest BCUT2D eigenvalue weighted by Gasteiger charge is -2.16. The molecule has 1 aromatic carbocycles. The van der Waals surface area contributed by atoms with Crippen molar-refractivity contribution in [1.82, 2.24) is 14.1 Å². The van der Waals surface area contributed by atoms with Crippen molar-refractivity contribution in [3.63, 3.8) is 0 Å². The highest BCUT2D eigenvalue weighted by molar-refractivity contribution is 7.89. The molecule has 3 rings (SSSR count). The maximum absolute atomic E-state index is 12.7. The number of rotatable bonds is 6. The van der Waals surface area contributed by atoms with Gasteiger partial charge in [0.05, 0.1) is 4.90 Å². The van der Waals surface area contributed by atoms with Crippen molar-refractivity contribution in [1.29, 1.82) is 0 Å². The molecule has 1 aromatic heterocycles. The Labute approximate surface area is 157 Å². The quantitative estimate of drug-likeness (QED) is 0.809. The van der Waals surface area contributed by atoms with Crippen LogP contribution in [0.5, 0.6) is 0 Å². The largest absolute Gasteiger partial charge is 0.321 e. The molecule has 1 N–H and O–H groups in total. The van der Waals surface area contributed by atoms with Crippen LogP contribution in [0.1, 0.15) is 36.7 Å². The smallest absolute Gasteiger partial charge is 0.276 e. The molecule has 0 saturated carbocycles. The molecule has 0 aliphatic carbocycles. The average Bonchev–Trinajstić information content (AvgIpc) is 3.19. The first kappa shape index (κ1) is 19.2. The lowest BCUT2D eigenvalue weighted by molar-refractivity contribution is 0.101. The number of carbonyl (C=O) groups excluding carboxylic acids is 1. The Bertz CT molecular complexity index is 994. The minimum Gasteiger partial charge on any atom is -0.321 e. The van der Waals surface area contributed by atoms with Crippen LogP contribution in [0.15, 0.2) is 46.1 Å². The Balaban J connectivity index is 1.81. The Hall–Kier alpha value is -2.52. The van der Waals surface area contributed by atoms with E-state index in [4.69, 9.17) is 0 Å². The minimum absolute atomic E-state index is 0.0934. The molecule has 2 heterocycles. The molecular formula is C18H22N4O4S. The van der Waals surface area contributed by atoms with E-state index in [9.17, 15) is 18.0 Å². The highest BCUT2D eigenvalue weighted by Crippen LogP contribution is 2.23. The van der Waals surface area contributed by atoms with Gasteiger partial charge in [-0.05, 0) is 43.5 Å². The van der Waals surface area contributed by atoms with E-state index in [-0.39, 0.29) is 16.1 Å². The second kappa shape index (κ2) is 8.01. The Kier molecular flexibility index (Phi) is 5.71. The van der Waals surface area contributed by atoms with Crippen LogP contribution in [0.4, 0.5) is 5.69 Å². The first-order valence-electron chi connectivity index (χ1n) is 8.91. The summed E-state index contributed by atoms with van der Waals surface area (Å²) >= 11 is 0. The van der Waals surface area contributed by atoms with Gasteiger partial charge >= 0.3 is 0 Å². The van der Waals surface area contributed by atoms with Crippen molar-refractivity contribution < 1.29 is 13.2 Å². The third-order valence-electron chi connectivity index (χ3n) is 4.33. The van der Waals surface area contributed by atoms with Gasteiger partial charge in [-0.3, -0.25) is 9.59 Å². The van der Waals surface area contributed by atoms with Gasteiger partial charge in [-0.2, -0.15) is 9.40 Å². The van der Waals surface area contributed by atoms with E-state index in [1.807, 2.05) is 6.92 Å². The van der Waals surface area contributed by atoms with Gasteiger partial charge in [0.15, 0.2) is 0 Å². The van der Waals surface area contributed by atoms with Crippen LogP contribution < -0.4 is 10.9 Å². The Morgan fingerprint density at radius 3 is 2.63 bits per heavy atom. The minimum atomic E-state index is -3.56. The molecule has 0 unspecified atom stereocenters. The molecule has 144 valence electrons. The topological polar surface area (TPSA) is 101 Å². The van der Waals surface area contributed by atoms with Gasteiger partial charge in [-0.25, -0.2) is 13.1 Å². The van der Waals surface area contributed by atoms with Gasteiger partial charge in [0.2, 0.25) is 10.0 Å². The fourth-order valence-corrected chi connectivity index (χ4v) is 4.51. The maximum atomic E-state index is 12.7. The predicted octanol–water partition coefficient (Wildman–Crippen LogP) is 1.69. The van der Waals surface area contributed by atoms with E-state index in [0.717, 1.165) is 12.8 Å². The summed E-state index contributed by atoms with van der Waals surface area (Å²) in [6.45, 7) is 3.36. The zero-order valence-electron chi connectivity index (χ0n) is 15.1. The van der Waals surface area contributed by atoms with E-state index in [0.29, 0.717) is 31.7 Å². The molecule has 8 nitrogen and oxygen atoms in total. The highest BCUT2D eigenvalue weighted by atomic mass is 32.2. The summed E-state index contributed by atoms with van der Waals surface area (Å²) in [7, 11) is -3.56. The number of carbonyl (C=O) groups is 1. The molecule has 0 atom stereocenters. The zero-order chi connectivity index (χ0) is 19.4. The number of hydrogen-bond donors (Lipinski definition) is 1. The summed E-state index contributed by atoms with van der Waals surface area (Å²) in [6.07, 6.45) is 2.43. The SMILES string of the molecule is CCCn1nc(C(=O)Nc2cccc(S(=O)(=O)N3CCCC3)c2)ccc1=O. The van der Waals surface area contributed by atoms with E-state index in [1.54, 1.807) is 12.1 Å². The molecule has 1 aliphatic rings. The Morgan fingerprint density at radius 2 is 1.93 bits per heavy atom. The number of aromatic nitrogens is 2. The molecule has 1 saturated heterocycles. The third kappa shape index (κ3) is 4.25. The number of aryl methyl sites for hydroxylation is 1. The summed E-state index contributed by atoms with van der Waals surface area (Å²) in [5, 5.41) is 6.71. The fraction of sp³-hybridized carbons (Fsp3) is 0.389. The molecule has 0 bridgehead atoms. The maximum Gasteiger partial charge on any atom is 0.276 e. The van der Waals surface area contributed by atoms with Crippen LogP contribution in [-0.2, 0) is 16.6 Å². The molecule has 0 radical (unpaired) electrons. The van der Waals surface area contributed by atoms with Gasteiger partial charge in [0.1, 0.15) is 5.69 Å². The normalized spacial score (nSPS) is 15.0. The second-order valence-electron chi connectivity index (χ2n) is 6.37. The summed E-state index contributed by atoms with van der Waals surface area (Å²) in [4.78, 5) is 24.3. The number of sulfonamides is 1. The second-order valence-corrected chi connectivity index (χ2v) is 8.31.